The number of carbonyl (C=O) groups is 1. The second-order valence-corrected chi connectivity index (χ2v) is 9.21. The molecular weight excluding hydrogens is 493 g/mol. The molecule has 4 heterocycles. The maximum Gasteiger partial charge on any atom is 0.417 e. The summed E-state index contributed by atoms with van der Waals surface area (Å²) in [6.45, 7) is 2.23. The van der Waals surface area contributed by atoms with Crippen molar-refractivity contribution in [2.45, 2.75) is 25.6 Å². The molecule has 1 amide bonds. The molecule has 0 aliphatic rings. The highest BCUT2D eigenvalue weighted by atomic mass is 19.1. The number of anilines is 2. The first-order valence-corrected chi connectivity index (χ1v) is 11.6. The van der Waals surface area contributed by atoms with Gasteiger partial charge in [-0.25, -0.2) is 13.7 Å². The van der Waals surface area contributed by atoms with Gasteiger partial charge in [-0.3, -0.25) is 14.8 Å². The zero-order chi connectivity index (χ0) is 27.0. The molecule has 192 valence electrons. The van der Waals surface area contributed by atoms with Crippen LogP contribution in [0.2, 0.25) is 0 Å². The zero-order valence-corrected chi connectivity index (χ0v) is 20.3. The average molecular weight is 516 g/mol. The van der Waals surface area contributed by atoms with Gasteiger partial charge in [0.15, 0.2) is 5.58 Å². The maximum absolute atomic E-state index is 14.3. The Morgan fingerprint density at radius 3 is 2.84 bits per heavy atom. The first-order valence-electron chi connectivity index (χ1n) is 11.6. The Hall–Kier alpha value is -5.02. The maximum atomic E-state index is 14.3. The van der Waals surface area contributed by atoms with E-state index in [2.05, 4.69) is 31.8 Å². The van der Waals surface area contributed by atoms with Gasteiger partial charge >= 0.3 is 5.76 Å². The van der Waals surface area contributed by atoms with Gasteiger partial charge in [-0.15, -0.1) is 0 Å². The molecule has 0 bridgehead atoms. The number of amides is 1. The van der Waals surface area contributed by atoms with Crippen LogP contribution in [0.5, 0.6) is 0 Å². The summed E-state index contributed by atoms with van der Waals surface area (Å²) in [6, 6.07) is 13.9. The molecule has 0 saturated heterocycles. The minimum absolute atomic E-state index is 0.123. The van der Waals surface area contributed by atoms with Crippen LogP contribution in [0.1, 0.15) is 29.8 Å². The SMILES string of the molecule is CC(C)(O)[C@H](F)CNC(=O)c1cnc(-c2ccc3cc(C#N)cnn23)cc1Nc1ccc2oc(=O)[nH]c2c1. The van der Waals surface area contributed by atoms with Gasteiger partial charge in [-0.05, 0) is 56.3 Å². The third-order valence-corrected chi connectivity index (χ3v) is 5.95. The minimum Gasteiger partial charge on any atom is -0.408 e. The van der Waals surface area contributed by atoms with Crippen LogP contribution in [-0.2, 0) is 0 Å². The van der Waals surface area contributed by atoms with Gasteiger partial charge in [-0.1, -0.05) is 0 Å². The number of aromatic nitrogens is 4. The van der Waals surface area contributed by atoms with E-state index in [-0.39, 0.29) is 5.56 Å². The van der Waals surface area contributed by atoms with E-state index in [1.54, 1.807) is 47.0 Å². The summed E-state index contributed by atoms with van der Waals surface area (Å²) in [5, 5.41) is 29.0. The molecule has 0 unspecified atom stereocenters. The smallest absolute Gasteiger partial charge is 0.408 e. The summed E-state index contributed by atoms with van der Waals surface area (Å²) >= 11 is 0. The summed E-state index contributed by atoms with van der Waals surface area (Å²) < 4.78 is 20.9. The van der Waals surface area contributed by atoms with E-state index in [9.17, 15) is 19.1 Å². The molecule has 11 nitrogen and oxygen atoms in total. The highest BCUT2D eigenvalue weighted by Crippen LogP contribution is 2.28. The molecule has 38 heavy (non-hydrogen) atoms. The summed E-state index contributed by atoms with van der Waals surface area (Å²) in [6.07, 6.45) is 1.10. The lowest BCUT2D eigenvalue weighted by Crippen LogP contribution is -2.42. The summed E-state index contributed by atoms with van der Waals surface area (Å²) in [7, 11) is 0. The average Bonchev–Trinajstić information content (AvgIpc) is 3.48. The molecular formula is C26H22FN7O4. The Morgan fingerprint density at radius 2 is 2.08 bits per heavy atom. The Kier molecular flexibility index (Phi) is 6.14. The van der Waals surface area contributed by atoms with Crippen molar-refractivity contribution < 1.29 is 18.7 Å². The van der Waals surface area contributed by atoms with Crippen molar-refractivity contribution in [2.24, 2.45) is 0 Å². The van der Waals surface area contributed by atoms with E-state index in [1.807, 2.05) is 0 Å². The third kappa shape index (κ3) is 4.82. The largest absolute Gasteiger partial charge is 0.417 e. The molecule has 12 heteroatoms. The molecule has 0 spiro atoms. The number of benzene rings is 1. The van der Waals surface area contributed by atoms with Crippen LogP contribution in [0.25, 0.3) is 28.0 Å². The lowest BCUT2D eigenvalue weighted by Gasteiger charge is -2.22. The van der Waals surface area contributed by atoms with Crippen LogP contribution in [-0.4, -0.2) is 48.9 Å². The number of alkyl halides is 1. The monoisotopic (exact) mass is 515 g/mol. The molecule has 5 aromatic rings. The molecule has 5 rings (SSSR count). The number of rotatable bonds is 7. The molecule has 1 atom stereocenters. The summed E-state index contributed by atoms with van der Waals surface area (Å²) in [4.78, 5) is 31.6. The molecule has 4 aromatic heterocycles. The molecule has 0 aliphatic heterocycles. The standard InChI is InChI=1S/C26H22FN7O4/c1-26(2,37)23(27)13-30-24(35)17-12-29-19(21-5-4-16-7-14(10-28)11-31-34(16)21)9-18(17)32-15-3-6-22-20(8-15)33-25(36)38-22/h3-9,11-12,23,37H,13H2,1-2H3,(H,29,32)(H,30,35)(H,33,36)/t23-/m1/s1. The number of nitriles is 1. The second-order valence-electron chi connectivity index (χ2n) is 9.21. The molecule has 4 N–H and O–H groups in total. The van der Waals surface area contributed by atoms with Crippen molar-refractivity contribution in [3.8, 4) is 17.5 Å². The number of oxazole rings is 1. The zero-order valence-electron chi connectivity index (χ0n) is 20.3. The normalized spacial score (nSPS) is 12.4. The third-order valence-electron chi connectivity index (χ3n) is 5.95. The fraction of sp³-hybridized carbons (Fsp3) is 0.192. The Morgan fingerprint density at radius 1 is 1.26 bits per heavy atom. The van der Waals surface area contributed by atoms with E-state index in [4.69, 9.17) is 9.68 Å². The number of nitrogens with zero attached hydrogens (tertiary/aromatic N) is 4. The molecule has 0 saturated carbocycles. The number of aromatic amines is 1. The molecule has 0 radical (unpaired) electrons. The van der Waals surface area contributed by atoms with Gasteiger partial charge in [0.05, 0.1) is 57.6 Å². The Bertz CT molecular complexity index is 1770. The summed E-state index contributed by atoms with van der Waals surface area (Å²) in [5.41, 5.74) is 2.40. The minimum atomic E-state index is -1.69. The van der Waals surface area contributed by atoms with Crippen LogP contribution >= 0.6 is 0 Å². The van der Waals surface area contributed by atoms with E-state index in [1.165, 1.54) is 26.2 Å². The van der Waals surface area contributed by atoms with Gasteiger partial charge in [0.25, 0.3) is 5.91 Å². The first kappa shape index (κ1) is 24.7. The number of hydrogen-bond acceptors (Lipinski definition) is 8. The molecule has 1 aromatic carbocycles. The van der Waals surface area contributed by atoms with E-state index in [0.717, 1.165) is 0 Å². The lowest BCUT2D eigenvalue weighted by atomic mass is 10.0. The number of hydrogen-bond donors (Lipinski definition) is 4. The first-order chi connectivity index (χ1) is 18.1. The number of halogens is 1. The van der Waals surface area contributed by atoms with Gasteiger partial charge in [0.2, 0.25) is 0 Å². The van der Waals surface area contributed by atoms with Crippen LogP contribution < -0.4 is 16.4 Å². The van der Waals surface area contributed by atoms with Crippen LogP contribution in [0, 0.1) is 11.3 Å². The Labute approximate surface area is 214 Å². The molecule has 0 fully saturated rings. The number of nitrogens with one attached hydrogen (secondary N) is 3. The van der Waals surface area contributed by atoms with Crippen molar-refractivity contribution in [1.82, 2.24) is 24.9 Å². The van der Waals surface area contributed by atoms with Crippen LogP contribution in [0.4, 0.5) is 15.8 Å². The number of carbonyl (C=O) groups excluding carboxylic acids is 1. The van der Waals surface area contributed by atoms with Crippen molar-refractivity contribution in [1.29, 1.82) is 5.26 Å². The highest BCUT2D eigenvalue weighted by Gasteiger charge is 2.27. The number of fused-ring (bicyclic) bond motifs is 2. The number of pyridine rings is 1. The Balaban J connectivity index is 1.54. The van der Waals surface area contributed by atoms with Crippen LogP contribution in [0.15, 0.2) is 64.1 Å². The quantitative estimate of drug-likeness (QED) is 0.257. The highest BCUT2D eigenvalue weighted by molar-refractivity contribution is 6.00. The number of H-pyrrole nitrogens is 1. The molecule has 0 aliphatic carbocycles. The van der Waals surface area contributed by atoms with Gasteiger partial charge in [-0.2, -0.15) is 10.4 Å². The fourth-order valence-electron chi connectivity index (χ4n) is 3.85. The number of aliphatic hydroxyl groups is 1. The topological polar surface area (TPSA) is 161 Å². The van der Waals surface area contributed by atoms with E-state index in [0.29, 0.717) is 44.9 Å². The van der Waals surface area contributed by atoms with Crippen molar-refractivity contribution in [3.05, 3.63) is 76.5 Å². The van der Waals surface area contributed by atoms with Gasteiger partial charge in [0, 0.05) is 11.9 Å². The summed E-state index contributed by atoms with van der Waals surface area (Å²) in [5.74, 6) is -1.20. The van der Waals surface area contributed by atoms with E-state index < -0.39 is 30.0 Å². The predicted molar refractivity (Wildman–Crippen MR) is 137 cm³/mol. The van der Waals surface area contributed by atoms with Crippen molar-refractivity contribution in [3.63, 3.8) is 0 Å². The van der Waals surface area contributed by atoms with Crippen LogP contribution in [0.3, 0.4) is 0 Å². The second kappa shape index (κ2) is 9.45. The van der Waals surface area contributed by atoms with Crippen molar-refractivity contribution in [2.75, 3.05) is 11.9 Å². The van der Waals surface area contributed by atoms with Gasteiger partial charge in [0.1, 0.15) is 12.2 Å². The predicted octanol–water partition coefficient (Wildman–Crippen LogP) is 3.28. The van der Waals surface area contributed by atoms with Gasteiger partial charge < -0.3 is 20.2 Å². The van der Waals surface area contributed by atoms with Crippen molar-refractivity contribution >= 4 is 33.9 Å². The van der Waals surface area contributed by atoms with E-state index >= 15 is 0 Å². The fourth-order valence-corrected chi connectivity index (χ4v) is 3.85. The lowest BCUT2D eigenvalue weighted by molar-refractivity contribution is -0.00177.